The molecule has 6 heteroatoms. The first-order valence-corrected chi connectivity index (χ1v) is 7.54. The average molecular weight is 304 g/mol. The maximum absolute atomic E-state index is 12.2. The van der Waals surface area contributed by atoms with Crippen LogP contribution in [-0.2, 0) is 9.59 Å². The molecule has 0 aromatic heterocycles. The monoisotopic (exact) mass is 304 g/mol. The number of nitrogens with one attached hydrogen (secondary N) is 2. The van der Waals surface area contributed by atoms with E-state index in [9.17, 15) is 9.59 Å². The minimum atomic E-state index is -0.738. The third-order valence-electron chi connectivity index (χ3n) is 3.83. The Kier molecular flexibility index (Phi) is 5.15. The summed E-state index contributed by atoms with van der Waals surface area (Å²) in [7, 11) is 3.67. The zero-order valence-electron chi connectivity index (χ0n) is 13.2. The van der Waals surface area contributed by atoms with Gasteiger partial charge in [0.1, 0.15) is 0 Å². The molecule has 0 bridgehead atoms. The zero-order valence-corrected chi connectivity index (χ0v) is 13.2. The molecule has 0 unspecified atom stereocenters. The summed E-state index contributed by atoms with van der Waals surface area (Å²) in [6.07, 6.45) is 3.47. The molecule has 4 N–H and O–H groups in total. The van der Waals surface area contributed by atoms with E-state index in [-0.39, 0.29) is 11.8 Å². The molecule has 1 aliphatic carbocycles. The number of anilines is 2. The lowest BCUT2D eigenvalue weighted by molar-refractivity contribution is -0.121. The van der Waals surface area contributed by atoms with Crippen LogP contribution in [0.15, 0.2) is 24.3 Å². The predicted octanol–water partition coefficient (Wildman–Crippen LogP) is 1.40. The SMILES string of the molecule is CN(C)CC(=O)Nc1ccc(NC(=O)C2(N)CCCC2)cc1. The van der Waals surface area contributed by atoms with Gasteiger partial charge in [0.2, 0.25) is 11.8 Å². The van der Waals surface area contributed by atoms with E-state index in [0.717, 1.165) is 25.7 Å². The lowest BCUT2D eigenvalue weighted by Gasteiger charge is -2.22. The molecule has 0 heterocycles. The summed E-state index contributed by atoms with van der Waals surface area (Å²) in [5.41, 5.74) is 6.77. The number of carbonyl (C=O) groups is 2. The molecule has 1 saturated carbocycles. The Morgan fingerprint density at radius 1 is 1.09 bits per heavy atom. The van der Waals surface area contributed by atoms with Crippen molar-refractivity contribution in [1.29, 1.82) is 0 Å². The topological polar surface area (TPSA) is 87.5 Å². The van der Waals surface area contributed by atoms with Crippen molar-refractivity contribution >= 4 is 23.2 Å². The Bertz CT molecular complexity index is 534. The highest BCUT2D eigenvalue weighted by Crippen LogP contribution is 2.28. The Balaban J connectivity index is 1.91. The maximum atomic E-state index is 12.2. The van der Waals surface area contributed by atoms with Crippen LogP contribution in [0.4, 0.5) is 11.4 Å². The van der Waals surface area contributed by atoms with E-state index in [1.54, 1.807) is 29.2 Å². The number of hydrogen-bond acceptors (Lipinski definition) is 4. The van der Waals surface area contributed by atoms with Crippen LogP contribution in [0.25, 0.3) is 0 Å². The van der Waals surface area contributed by atoms with Gasteiger partial charge in [-0.2, -0.15) is 0 Å². The van der Waals surface area contributed by atoms with Gasteiger partial charge in [-0.15, -0.1) is 0 Å². The third kappa shape index (κ3) is 4.29. The molecule has 1 aromatic carbocycles. The number of carbonyl (C=O) groups excluding carboxylic acids is 2. The molecule has 0 saturated heterocycles. The van der Waals surface area contributed by atoms with E-state index in [2.05, 4.69) is 10.6 Å². The number of nitrogens with two attached hydrogens (primary N) is 1. The minimum absolute atomic E-state index is 0.0753. The minimum Gasteiger partial charge on any atom is -0.325 e. The van der Waals surface area contributed by atoms with Crippen LogP contribution < -0.4 is 16.4 Å². The number of nitrogens with zero attached hydrogens (tertiary/aromatic N) is 1. The molecule has 1 fully saturated rings. The number of rotatable bonds is 5. The summed E-state index contributed by atoms with van der Waals surface area (Å²) < 4.78 is 0. The largest absolute Gasteiger partial charge is 0.325 e. The van der Waals surface area contributed by atoms with Crippen LogP contribution in [0.5, 0.6) is 0 Å². The first-order chi connectivity index (χ1) is 10.4. The molecule has 6 nitrogen and oxygen atoms in total. The molecule has 0 aliphatic heterocycles. The summed E-state index contributed by atoms with van der Waals surface area (Å²) in [4.78, 5) is 25.7. The van der Waals surface area contributed by atoms with E-state index in [4.69, 9.17) is 5.73 Å². The third-order valence-corrected chi connectivity index (χ3v) is 3.83. The molecular weight excluding hydrogens is 280 g/mol. The van der Waals surface area contributed by atoms with Crippen LogP contribution in [0.3, 0.4) is 0 Å². The van der Waals surface area contributed by atoms with Crippen LogP contribution in [0.1, 0.15) is 25.7 Å². The van der Waals surface area contributed by atoms with Gasteiger partial charge in [-0.05, 0) is 51.2 Å². The lowest BCUT2D eigenvalue weighted by atomic mass is 9.98. The van der Waals surface area contributed by atoms with Crippen LogP contribution >= 0.6 is 0 Å². The number of benzene rings is 1. The standard InChI is InChI=1S/C16H24N4O2/c1-20(2)11-14(21)18-12-5-7-13(8-6-12)19-15(22)16(17)9-3-4-10-16/h5-8H,3-4,9-11,17H2,1-2H3,(H,18,21)(H,19,22). The van der Waals surface area contributed by atoms with Gasteiger partial charge >= 0.3 is 0 Å². The van der Waals surface area contributed by atoms with E-state index in [1.807, 2.05) is 14.1 Å². The predicted molar refractivity (Wildman–Crippen MR) is 87.6 cm³/mol. The first kappa shape index (κ1) is 16.5. The number of amides is 2. The van der Waals surface area contributed by atoms with Crippen molar-refractivity contribution in [2.45, 2.75) is 31.2 Å². The number of likely N-dealkylation sites (N-methyl/N-ethyl adjacent to an activating group) is 1. The van der Waals surface area contributed by atoms with E-state index >= 15 is 0 Å². The second kappa shape index (κ2) is 6.89. The second-order valence-corrected chi connectivity index (χ2v) is 6.18. The fourth-order valence-electron chi connectivity index (χ4n) is 2.61. The quantitative estimate of drug-likeness (QED) is 0.767. The van der Waals surface area contributed by atoms with E-state index in [0.29, 0.717) is 17.9 Å². The highest BCUT2D eigenvalue weighted by atomic mass is 16.2. The summed E-state index contributed by atoms with van der Waals surface area (Å²) in [5, 5.41) is 5.65. The zero-order chi connectivity index (χ0) is 16.2. The molecule has 22 heavy (non-hydrogen) atoms. The molecule has 0 spiro atoms. The molecule has 2 rings (SSSR count). The van der Waals surface area contributed by atoms with Crippen LogP contribution in [0.2, 0.25) is 0 Å². The van der Waals surface area contributed by atoms with Gasteiger partial charge < -0.3 is 21.3 Å². The molecule has 0 atom stereocenters. The van der Waals surface area contributed by atoms with Gasteiger partial charge in [-0.25, -0.2) is 0 Å². The lowest BCUT2D eigenvalue weighted by Crippen LogP contribution is -2.48. The molecule has 1 aliphatic rings. The fraction of sp³-hybridized carbons (Fsp3) is 0.500. The molecule has 2 amide bonds. The fourth-order valence-corrected chi connectivity index (χ4v) is 2.61. The summed E-state index contributed by atoms with van der Waals surface area (Å²) in [5.74, 6) is -0.206. The van der Waals surface area contributed by atoms with Crippen molar-refractivity contribution in [2.24, 2.45) is 5.73 Å². The average Bonchev–Trinajstić information content (AvgIpc) is 2.88. The summed E-state index contributed by atoms with van der Waals surface area (Å²) in [6, 6.07) is 7.06. The molecule has 1 aromatic rings. The van der Waals surface area contributed by atoms with Crippen LogP contribution in [0, 0.1) is 0 Å². The maximum Gasteiger partial charge on any atom is 0.244 e. The van der Waals surface area contributed by atoms with Crippen molar-refractivity contribution in [3.63, 3.8) is 0 Å². The van der Waals surface area contributed by atoms with Gasteiger partial charge in [0, 0.05) is 11.4 Å². The van der Waals surface area contributed by atoms with E-state index in [1.165, 1.54) is 0 Å². The molecular formula is C16H24N4O2. The van der Waals surface area contributed by atoms with Gasteiger partial charge in [0.25, 0.3) is 0 Å². The number of hydrogen-bond donors (Lipinski definition) is 3. The van der Waals surface area contributed by atoms with Gasteiger partial charge in [0.15, 0.2) is 0 Å². The smallest absolute Gasteiger partial charge is 0.244 e. The highest BCUT2D eigenvalue weighted by Gasteiger charge is 2.36. The van der Waals surface area contributed by atoms with Gasteiger partial charge in [-0.3, -0.25) is 9.59 Å². The summed E-state index contributed by atoms with van der Waals surface area (Å²) in [6.45, 7) is 0.328. The van der Waals surface area contributed by atoms with Crippen molar-refractivity contribution < 1.29 is 9.59 Å². The van der Waals surface area contributed by atoms with E-state index < -0.39 is 5.54 Å². The van der Waals surface area contributed by atoms with Crippen molar-refractivity contribution in [3.8, 4) is 0 Å². The van der Waals surface area contributed by atoms with Gasteiger partial charge in [0.05, 0.1) is 12.1 Å². The Morgan fingerprint density at radius 2 is 1.59 bits per heavy atom. The highest BCUT2D eigenvalue weighted by molar-refractivity contribution is 5.98. The van der Waals surface area contributed by atoms with Crippen LogP contribution in [-0.4, -0.2) is 42.9 Å². The Labute approximate surface area is 131 Å². The molecule has 120 valence electrons. The molecule has 0 radical (unpaired) electrons. The van der Waals surface area contributed by atoms with Crippen molar-refractivity contribution in [2.75, 3.05) is 31.3 Å². The Hall–Kier alpha value is -1.92. The first-order valence-electron chi connectivity index (χ1n) is 7.54. The normalized spacial score (nSPS) is 16.5. The Morgan fingerprint density at radius 3 is 2.09 bits per heavy atom. The van der Waals surface area contributed by atoms with Crippen molar-refractivity contribution in [3.05, 3.63) is 24.3 Å². The van der Waals surface area contributed by atoms with Crippen molar-refractivity contribution in [1.82, 2.24) is 4.90 Å². The second-order valence-electron chi connectivity index (χ2n) is 6.18. The summed E-state index contributed by atoms with van der Waals surface area (Å²) >= 11 is 0. The van der Waals surface area contributed by atoms with Gasteiger partial charge in [-0.1, -0.05) is 12.8 Å².